The molecule has 37 heavy (non-hydrogen) atoms. The van der Waals surface area contributed by atoms with Gasteiger partial charge < -0.3 is 15.0 Å². The highest BCUT2D eigenvalue weighted by atomic mass is 35.5. The number of sulfonamides is 1. The predicted molar refractivity (Wildman–Crippen MR) is 141 cm³/mol. The summed E-state index contributed by atoms with van der Waals surface area (Å²) in [5, 5.41) is 14.5. The molecule has 1 N–H and O–H groups in total. The number of non-ortho nitro benzene ring substituents is 1. The number of nitrogens with one attached hydrogen (secondary N) is 1. The monoisotopic (exact) mass is 554 g/mol. The number of nitrogens with zero attached hydrogens (tertiary/aromatic N) is 3. The minimum absolute atomic E-state index is 0.0176. The van der Waals surface area contributed by atoms with Gasteiger partial charge in [-0.1, -0.05) is 36.7 Å². The van der Waals surface area contributed by atoms with Crippen molar-refractivity contribution in [3.05, 3.63) is 63.2 Å². The van der Waals surface area contributed by atoms with Gasteiger partial charge in [0.25, 0.3) is 5.69 Å². The number of amides is 2. The first kappa shape index (κ1) is 29.8. The molecule has 2 rings (SSSR count). The van der Waals surface area contributed by atoms with Gasteiger partial charge in [0.15, 0.2) is 0 Å². The summed E-state index contributed by atoms with van der Waals surface area (Å²) in [6, 6.07) is 9.09. The molecule has 0 aromatic heterocycles. The van der Waals surface area contributed by atoms with E-state index in [1.165, 1.54) is 25.0 Å². The zero-order valence-corrected chi connectivity index (χ0v) is 22.9. The van der Waals surface area contributed by atoms with Crippen molar-refractivity contribution in [3.63, 3.8) is 0 Å². The van der Waals surface area contributed by atoms with E-state index >= 15 is 0 Å². The fraction of sp³-hybridized carbons (Fsp3) is 0.417. The van der Waals surface area contributed by atoms with Gasteiger partial charge in [-0.2, -0.15) is 0 Å². The Bertz CT molecular complexity index is 1260. The lowest BCUT2D eigenvalue weighted by Crippen LogP contribution is -2.52. The van der Waals surface area contributed by atoms with E-state index in [0.29, 0.717) is 17.0 Å². The Morgan fingerprint density at radius 1 is 1.19 bits per heavy atom. The average Bonchev–Trinajstić information content (AvgIpc) is 2.84. The summed E-state index contributed by atoms with van der Waals surface area (Å²) in [6.07, 6.45) is 1.54. The fourth-order valence-corrected chi connectivity index (χ4v) is 4.48. The number of methoxy groups -OCH3 is 1. The number of carbonyl (C=O) groups excluding carboxylic acids is 2. The second kappa shape index (κ2) is 12.7. The maximum Gasteiger partial charge on any atom is 0.271 e. The highest BCUT2D eigenvalue weighted by Gasteiger charge is 2.32. The molecule has 0 bridgehead atoms. The lowest BCUT2D eigenvalue weighted by molar-refractivity contribution is -0.384. The second-order valence-electron chi connectivity index (χ2n) is 8.49. The van der Waals surface area contributed by atoms with Crippen LogP contribution in [0.5, 0.6) is 5.75 Å². The molecule has 11 nitrogen and oxygen atoms in total. The molecular weight excluding hydrogens is 524 g/mol. The third kappa shape index (κ3) is 7.80. The lowest BCUT2D eigenvalue weighted by atomic mass is 10.1. The van der Waals surface area contributed by atoms with Crippen molar-refractivity contribution in [2.24, 2.45) is 0 Å². The topological polar surface area (TPSA) is 139 Å². The SMILES string of the molecule is CC[C@@H](C)NC(=O)[C@@H](C)N(Cc1ccccc1Cl)C(=O)CN(c1cc([N+](=O)[O-])ccc1OC)S(C)(=O)=O. The van der Waals surface area contributed by atoms with E-state index in [1.807, 2.05) is 13.8 Å². The normalized spacial score (nSPS) is 12.8. The first-order valence-electron chi connectivity index (χ1n) is 11.4. The van der Waals surface area contributed by atoms with Gasteiger partial charge >= 0.3 is 0 Å². The quantitative estimate of drug-likeness (QED) is 0.313. The van der Waals surface area contributed by atoms with E-state index in [1.54, 1.807) is 24.3 Å². The van der Waals surface area contributed by atoms with Crippen molar-refractivity contribution in [1.29, 1.82) is 0 Å². The Morgan fingerprint density at radius 3 is 2.38 bits per heavy atom. The number of hydrogen-bond acceptors (Lipinski definition) is 7. The molecule has 0 heterocycles. The Hall–Kier alpha value is -3.38. The van der Waals surface area contributed by atoms with E-state index in [4.69, 9.17) is 16.3 Å². The van der Waals surface area contributed by atoms with Crippen LogP contribution in [0.1, 0.15) is 32.8 Å². The van der Waals surface area contributed by atoms with Crippen molar-refractivity contribution < 1.29 is 27.7 Å². The summed E-state index contributed by atoms with van der Waals surface area (Å²) in [5.74, 6) is -1.12. The number of benzene rings is 2. The standard InChI is InChI=1S/C24H31ClN4O7S/c1-6-16(2)26-24(31)17(3)27(14-18-9-7-8-10-20(18)25)23(30)15-28(37(5,34)35)21-13-19(29(32)33)11-12-22(21)36-4/h7-13,16-17H,6,14-15H2,1-5H3,(H,26,31)/t16-,17-/m1/s1. The van der Waals surface area contributed by atoms with Gasteiger partial charge in [-0.05, 0) is 38.0 Å². The van der Waals surface area contributed by atoms with Crippen LogP contribution in [0.2, 0.25) is 5.02 Å². The Labute approximate surface area is 221 Å². The first-order valence-corrected chi connectivity index (χ1v) is 13.7. The largest absolute Gasteiger partial charge is 0.495 e. The number of nitro benzene ring substituents is 1. The molecule has 0 unspecified atom stereocenters. The maximum atomic E-state index is 13.6. The van der Waals surface area contributed by atoms with Crippen molar-refractivity contribution in [2.45, 2.75) is 45.8 Å². The lowest BCUT2D eigenvalue weighted by Gasteiger charge is -2.32. The van der Waals surface area contributed by atoms with E-state index in [9.17, 15) is 28.1 Å². The number of hydrogen-bond donors (Lipinski definition) is 1. The molecule has 0 aliphatic heterocycles. The first-order chi connectivity index (χ1) is 17.3. The molecule has 0 spiro atoms. The van der Waals surface area contributed by atoms with Gasteiger partial charge in [0, 0.05) is 29.7 Å². The number of rotatable bonds is 12. The summed E-state index contributed by atoms with van der Waals surface area (Å²) < 4.78 is 31.5. The van der Waals surface area contributed by atoms with Crippen LogP contribution in [-0.4, -0.2) is 62.0 Å². The van der Waals surface area contributed by atoms with Crippen LogP contribution in [0.25, 0.3) is 0 Å². The van der Waals surface area contributed by atoms with Gasteiger partial charge in [-0.15, -0.1) is 0 Å². The van der Waals surface area contributed by atoms with Gasteiger partial charge in [0.05, 0.1) is 18.3 Å². The number of ether oxygens (including phenoxy) is 1. The van der Waals surface area contributed by atoms with Crippen molar-refractivity contribution in [3.8, 4) is 5.75 Å². The molecule has 2 atom stereocenters. The van der Waals surface area contributed by atoms with Crippen molar-refractivity contribution in [2.75, 3.05) is 24.2 Å². The summed E-state index contributed by atoms with van der Waals surface area (Å²) in [6.45, 7) is 4.45. The molecule has 0 radical (unpaired) electrons. The van der Waals surface area contributed by atoms with Gasteiger partial charge in [-0.25, -0.2) is 8.42 Å². The highest BCUT2D eigenvalue weighted by Crippen LogP contribution is 2.34. The third-order valence-corrected chi connectivity index (χ3v) is 7.28. The summed E-state index contributed by atoms with van der Waals surface area (Å²) in [5.41, 5.74) is -0.00684. The van der Waals surface area contributed by atoms with Crippen molar-refractivity contribution >= 4 is 44.8 Å². The highest BCUT2D eigenvalue weighted by molar-refractivity contribution is 7.92. The van der Waals surface area contributed by atoms with Crippen LogP contribution in [0, 0.1) is 10.1 Å². The number of carbonyl (C=O) groups is 2. The predicted octanol–water partition coefficient (Wildman–Crippen LogP) is 3.35. The van der Waals surface area contributed by atoms with Crippen molar-refractivity contribution in [1.82, 2.24) is 10.2 Å². The van der Waals surface area contributed by atoms with Crippen LogP contribution in [0.4, 0.5) is 11.4 Å². The molecule has 2 aromatic carbocycles. The van der Waals surface area contributed by atoms with E-state index in [-0.39, 0.29) is 29.7 Å². The van der Waals surface area contributed by atoms with E-state index in [2.05, 4.69) is 5.32 Å². The number of halogens is 1. The Morgan fingerprint density at radius 2 is 1.84 bits per heavy atom. The second-order valence-corrected chi connectivity index (χ2v) is 10.8. The molecule has 13 heteroatoms. The van der Waals surface area contributed by atoms with Crippen LogP contribution in [0.15, 0.2) is 42.5 Å². The van der Waals surface area contributed by atoms with Crippen LogP contribution in [0.3, 0.4) is 0 Å². The molecule has 0 saturated carbocycles. The third-order valence-electron chi connectivity index (χ3n) is 5.79. The minimum atomic E-state index is -4.11. The van der Waals surface area contributed by atoms with Gasteiger partial charge in [0.2, 0.25) is 21.8 Å². The van der Waals surface area contributed by atoms with E-state index < -0.39 is 39.3 Å². The fourth-order valence-electron chi connectivity index (χ4n) is 3.44. The molecule has 0 aliphatic carbocycles. The molecule has 2 aromatic rings. The van der Waals surface area contributed by atoms with Crippen LogP contribution < -0.4 is 14.4 Å². The molecule has 2 amide bonds. The summed E-state index contributed by atoms with van der Waals surface area (Å²) >= 11 is 6.30. The zero-order valence-electron chi connectivity index (χ0n) is 21.3. The molecular formula is C24H31ClN4O7S. The minimum Gasteiger partial charge on any atom is -0.495 e. The Balaban J connectivity index is 2.53. The molecule has 202 valence electrons. The van der Waals surface area contributed by atoms with Gasteiger partial charge in [-0.3, -0.25) is 24.0 Å². The maximum absolute atomic E-state index is 13.6. The number of nitro groups is 1. The zero-order chi connectivity index (χ0) is 27.9. The number of anilines is 1. The molecule has 0 fully saturated rings. The average molecular weight is 555 g/mol. The summed E-state index contributed by atoms with van der Waals surface area (Å²) in [4.78, 5) is 38.4. The van der Waals surface area contributed by atoms with E-state index in [0.717, 1.165) is 22.7 Å². The Kier molecular flexibility index (Phi) is 10.3. The van der Waals surface area contributed by atoms with Crippen LogP contribution >= 0.6 is 11.6 Å². The smallest absolute Gasteiger partial charge is 0.271 e. The molecule has 0 aliphatic rings. The summed E-state index contributed by atoms with van der Waals surface area (Å²) in [7, 11) is -2.84. The molecule has 0 saturated heterocycles. The van der Waals surface area contributed by atoms with Gasteiger partial charge in [0.1, 0.15) is 24.0 Å². The van der Waals surface area contributed by atoms with Crippen LogP contribution in [-0.2, 0) is 26.2 Å².